The van der Waals surface area contributed by atoms with Crippen LogP contribution in [0.2, 0.25) is 0 Å². The molecular weight excluding hydrogens is 354 g/mol. The quantitative estimate of drug-likeness (QED) is 0.804. The van der Waals surface area contributed by atoms with Crippen molar-refractivity contribution < 1.29 is 19.2 Å². The Bertz CT molecular complexity index is 915. The van der Waals surface area contributed by atoms with Crippen molar-refractivity contribution in [3.8, 4) is 0 Å². The van der Waals surface area contributed by atoms with Gasteiger partial charge in [0.05, 0.1) is 11.3 Å². The van der Waals surface area contributed by atoms with Crippen LogP contribution < -0.4 is 16.0 Å². The maximum atomic E-state index is 12.5. The molecule has 0 unspecified atom stereocenters. The van der Waals surface area contributed by atoms with Gasteiger partial charge in [-0.1, -0.05) is 0 Å². The number of amides is 4. The number of nitrogens with one attached hydrogen (secondary N) is 1. The standard InChI is InChI=1S/C18H17N3O4S/c1-9-10(2)26-18(15(9)16(19)24)20-17(25)11-3-5-12(6-4-11)21-13(22)7-8-14(21)23/h3-6H,7-8H2,1-2H3,(H2,19,24)(H,20,25). The Labute approximate surface area is 153 Å². The molecule has 3 rings (SSSR count). The van der Waals surface area contributed by atoms with Crippen molar-refractivity contribution in [1.82, 2.24) is 0 Å². The third-order valence-corrected chi connectivity index (χ3v) is 5.42. The van der Waals surface area contributed by atoms with Crippen molar-refractivity contribution >= 4 is 45.7 Å². The number of anilines is 2. The van der Waals surface area contributed by atoms with Gasteiger partial charge in [0.1, 0.15) is 5.00 Å². The van der Waals surface area contributed by atoms with Crippen molar-refractivity contribution in [2.45, 2.75) is 26.7 Å². The van der Waals surface area contributed by atoms with E-state index in [4.69, 9.17) is 5.73 Å². The fraction of sp³-hybridized carbons (Fsp3) is 0.222. The molecule has 0 atom stereocenters. The van der Waals surface area contributed by atoms with Gasteiger partial charge in [-0.05, 0) is 43.7 Å². The van der Waals surface area contributed by atoms with Gasteiger partial charge in [-0.2, -0.15) is 0 Å². The highest BCUT2D eigenvalue weighted by Crippen LogP contribution is 2.32. The topological polar surface area (TPSA) is 110 Å². The summed E-state index contributed by atoms with van der Waals surface area (Å²) in [6.45, 7) is 3.63. The Morgan fingerprint density at radius 3 is 2.19 bits per heavy atom. The van der Waals surface area contributed by atoms with Crippen LogP contribution in [0.15, 0.2) is 24.3 Å². The highest BCUT2D eigenvalue weighted by molar-refractivity contribution is 7.16. The van der Waals surface area contributed by atoms with Crippen LogP contribution in [0.5, 0.6) is 0 Å². The fourth-order valence-corrected chi connectivity index (χ4v) is 3.87. The minimum absolute atomic E-state index is 0.202. The van der Waals surface area contributed by atoms with E-state index in [1.165, 1.54) is 23.5 Å². The Balaban J connectivity index is 1.81. The van der Waals surface area contributed by atoms with Crippen molar-refractivity contribution in [3.05, 3.63) is 45.8 Å². The Morgan fingerprint density at radius 1 is 1.08 bits per heavy atom. The second kappa shape index (κ2) is 6.72. The average Bonchev–Trinajstić information content (AvgIpc) is 3.06. The number of primary amides is 1. The number of carbonyl (C=O) groups excluding carboxylic acids is 4. The lowest BCUT2D eigenvalue weighted by Gasteiger charge is -2.14. The summed E-state index contributed by atoms with van der Waals surface area (Å²) in [6.07, 6.45) is 0.405. The summed E-state index contributed by atoms with van der Waals surface area (Å²) in [5.41, 5.74) is 7.25. The van der Waals surface area contributed by atoms with Gasteiger partial charge < -0.3 is 11.1 Å². The van der Waals surface area contributed by atoms with E-state index in [1.807, 2.05) is 6.92 Å². The van der Waals surface area contributed by atoms with Crippen molar-refractivity contribution in [2.24, 2.45) is 5.73 Å². The number of hydrogen-bond donors (Lipinski definition) is 2. The molecule has 2 aromatic rings. The number of nitrogens with zero attached hydrogens (tertiary/aromatic N) is 1. The lowest BCUT2D eigenvalue weighted by molar-refractivity contribution is -0.121. The smallest absolute Gasteiger partial charge is 0.256 e. The predicted octanol–water partition coefficient (Wildman–Crippen LogP) is 2.37. The second-order valence-electron chi connectivity index (χ2n) is 5.98. The summed E-state index contributed by atoms with van der Waals surface area (Å²) in [7, 11) is 0. The van der Waals surface area contributed by atoms with Crippen LogP contribution in [0.3, 0.4) is 0 Å². The van der Waals surface area contributed by atoms with E-state index in [-0.39, 0.29) is 24.7 Å². The molecule has 0 saturated carbocycles. The molecule has 1 fully saturated rings. The molecule has 3 N–H and O–H groups in total. The normalized spacial score (nSPS) is 14.0. The van der Waals surface area contributed by atoms with Crippen LogP contribution in [0.25, 0.3) is 0 Å². The van der Waals surface area contributed by atoms with Gasteiger partial charge in [0, 0.05) is 23.3 Å². The first-order valence-corrected chi connectivity index (χ1v) is 8.78. The van der Waals surface area contributed by atoms with E-state index in [0.29, 0.717) is 21.8 Å². The molecular formula is C18H17N3O4S. The average molecular weight is 371 g/mol. The van der Waals surface area contributed by atoms with E-state index in [0.717, 1.165) is 15.3 Å². The molecule has 7 nitrogen and oxygen atoms in total. The van der Waals surface area contributed by atoms with Crippen molar-refractivity contribution in [2.75, 3.05) is 10.2 Å². The molecule has 0 bridgehead atoms. The van der Waals surface area contributed by atoms with E-state index < -0.39 is 11.8 Å². The Morgan fingerprint density at radius 2 is 1.65 bits per heavy atom. The minimum atomic E-state index is -0.594. The van der Waals surface area contributed by atoms with Crippen LogP contribution in [0, 0.1) is 13.8 Å². The highest BCUT2D eigenvalue weighted by atomic mass is 32.1. The third-order valence-electron chi connectivity index (χ3n) is 4.30. The zero-order valence-electron chi connectivity index (χ0n) is 14.3. The zero-order valence-corrected chi connectivity index (χ0v) is 15.1. The van der Waals surface area contributed by atoms with E-state index in [9.17, 15) is 19.2 Å². The molecule has 1 saturated heterocycles. The zero-order chi connectivity index (χ0) is 19.0. The maximum absolute atomic E-state index is 12.5. The van der Waals surface area contributed by atoms with Gasteiger partial charge >= 0.3 is 0 Å². The maximum Gasteiger partial charge on any atom is 0.256 e. The molecule has 26 heavy (non-hydrogen) atoms. The minimum Gasteiger partial charge on any atom is -0.365 e. The number of imide groups is 1. The fourth-order valence-electron chi connectivity index (χ4n) is 2.81. The molecule has 1 aromatic carbocycles. The number of benzene rings is 1. The third kappa shape index (κ3) is 3.11. The molecule has 1 aromatic heterocycles. The summed E-state index contributed by atoms with van der Waals surface area (Å²) in [6, 6.07) is 6.16. The monoisotopic (exact) mass is 371 g/mol. The van der Waals surface area contributed by atoms with E-state index >= 15 is 0 Å². The van der Waals surface area contributed by atoms with Gasteiger partial charge in [-0.15, -0.1) is 11.3 Å². The largest absolute Gasteiger partial charge is 0.365 e. The molecule has 1 aliphatic heterocycles. The first kappa shape index (κ1) is 17.8. The molecule has 2 heterocycles. The summed E-state index contributed by atoms with van der Waals surface area (Å²) in [5, 5.41) is 3.12. The van der Waals surface area contributed by atoms with Gasteiger partial charge in [-0.3, -0.25) is 24.1 Å². The Hall–Kier alpha value is -3.00. The SMILES string of the molecule is Cc1sc(NC(=O)c2ccc(N3C(=O)CCC3=O)cc2)c(C(N)=O)c1C. The van der Waals surface area contributed by atoms with Gasteiger partial charge in [0.15, 0.2) is 0 Å². The Kier molecular flexibility index (Phi) is 4.60. The van der Waals surface area contributed by atoms with Crippen molar-refractivity contribution in [1.29, 1.82) is 0 Å². The number of thiophene rings is 1. The van der Waals surface area contributed by atoms with Crippen LogP contribution in [-0.4, -0.2) is 23.6 Å². The molecule has 1 aliphatic rings. The van der Waals surface area contributed by atoms with Crippen LogP contribution in [-0.2, 0) is 9.59 Å². The first-order valence-electron chi connectivity index (χ1n) is 7.96. The first-order chi connectivity index (χ1) is 12.3. The lowest BCUT2D eigenvalue weighted by Crippen LogP contribution is -2.28. The van der Waals surface area contributed by atoms with E-state index in [1.54, 1.807) is 19.1 Å². The summed E-state index contributed by atoms with van der Waals surface area (Å²) >= 11 is 1.29. The predicted molar refractivity (Wildman–Crippen MR) is 98.4 cm³/mol. The molecule has 0 radical (unpaired) electrons. The van der Waals surface area contributed by atoms with Crippen LogP contribution in [0.1, 0.15) is 44.0 Å². The van der Waals surface area contributed by atoms with Crippen molar-refractivity contribution in [3.63, 3.8) is 0 Å². The molecule has 0 aliphatic carbocycles. The molecule has 4 amide bonds. The number of rotatable bonds is 4. The molecule has 0 spiro atoms. The summed E-state index contributed by atoms with van der Waals surface area (Å²) < 4.78 is 0. The van der Waals surface area contributed by atoms with Gasteiger partial charge in [-0.25, -0.2) is 0 Å². The molecule has 134 valence electrons. The van der Waals surface area contributed by atoms with Gasteiger partial charge in [0.25, 0.3) is 11.8 Å². The number of hydrogen-bond acceptors (Lipinski definition) is 5. The van der Waals surface area contributed by atoms with Gasteiger partial charge in [0.2, 0.25) is 11.8 Å². The van der Waals surface area contributed by atoms with Crippen LogP contribution >= 0.6 is 11.3 Å². The number of aryl methyl sites for hydroxylation is 1. The molecule has 8 heteroatoms. The van der Waals surface area contributed by atoms with E-state index in [2.05, 4.69) is 5.32 Å². The lowest BCUT2D eigenvalue weighted by atomic mass is 10.1. The second-order valence-corrected chi connectivity index (χ2v) is 7.20. The number of nitrogens with two attached hydrogens (primary N) is 1. The summed E-state index contributed by atoms with van der Waals surface area (Å²) in [4.78, 5) is 49.7. The summed E-state index contributed by atoms with van der Waals surface area (Å²) in [5.74, 6) is -1.49. The highest BCUT2D eigenvalue weighted by Gasteiger charge is 2.30. The number of carbonyl (C=O) groups is 4. The van der Waals surface area contributed by atoms with Crippen LogP contribution in [0.4, 0.5) is 10.7 Å².